The average Bonchev–Trinajstić information content (AvgIpc) is 1.84. The van der Waals surface area contributed by atoms with Crippen molar-refractivity contribution in [1.29, 1.82) is 0 Å². The molecule has 0 aromatic carbocycles. The molecule has 0 saturated carbocycles. The molecule has 0 saturated heterocycles. The quantitative estimate of drug-likeness (QED) is 0.661. The summed E-state index contributed by atoms with van der Waals surface area (Å²) in [7, 11) is -2.18. The van der Waals surface area contributed by atoms with Crippen LogP contribution in [0.3, 0.4) is 0 Å². The van der Waals surface area contributed by atoms with E-state index in [0.717, 1.165) is 0 Å². The van der Waals surface area contributed by atoms with E-state index in [1.165, 1.54) is 0 Å². The molecule has 0 amide bonds. The van der Waals surface area contributed by atoms with E-state index < -0.39 is 26.9 Å². The summed E-state index contributed by atoms with van der Waals surface area (Å²) in [5.74, 6) is 0. The van der Waals surface area contributed by atoms with Gasteiger partial charge in [0.1, 0.15) is 0 Å². The Morgan fingerprint density at radius 3 is 2.08 bits per heavy atom. The summed E-state index contributed by atoms with van der Waals surface area (Å²) in [6.45, 7) is 10.4. The molecule has 0 N–H and O–H groups in total. The second-order valence-corrected chi connectivity index (χ2v) is 11.4. The van der Waals surface area contributed by atoms with E-state index in [4.69, 9.17) is 12.7 Å². The zero-order valence-electron chi connectivity index (χ0n) is 8.80. The van der Waals surface area contributed by atoms with Crippen LogP contribution in [0.4, 0.5) is 0 Å². The predicted molar refractivity (Wildman–Crippen MR) is 57.2 cm³/mol. The van der Waals surface area contributed by atoms with E-state index in [1.54, 1.807) is 7.11 Å². The Labute approximate surface area is 79.9 Å². The first-order valence-corrected chi connectivity index (χ1v) is 11.4. The minimum absolute atomic E-state index is 0.610. The van der Waals surface area contributed by atoms with E-state index in [1.807, 2.05) is 13.1 Å². The second-order valence-electron chi connectivity index (χ2n) is 3.32. The van der Waals surface area contributed by atoms with Gasteiger partial charge in [0.15, 0.2) is 9.04 Å². The van der Waals surface area contributed by atoms with Crippen LogP contribution in [0.2, 0.25) is 32.7 Å². The minimum atomic E-state index is -1.85. The van der Waals surface area contributed by atoms with Crippen LogP contribution in [0, 0.1) is 0 Å². The summed E-state index contributed by atoms with van der Waals surface area (Å²) >= 11 is 0. The number of rotatable bonds is 5. The molecule has 3 nitrogen and oxygen atoms in total. The lowest BCUT2D eigenvalue weighted by Crippen LogP contribution is -2.41. The molecule has 0 aliphatic rings. The molecule has 0 spiro atoms. The summed E-state index contributed by atoms with van der Waals surface area (Å²) < 4.78 is 16.7. The van der Waals surface area contributed by atoms with E-state index in [0.29, 0.717) is 0 Å². The van der Waals surface area contributed by atoms with Crippen LogP contribution >= 0.6 is 0 Å². The van der Waals surface area contributed by atoms with Gasteiger partial charge in [-0.05, 0) is 32.7 Å². The maximum absolute atomic E-state index is 5.76. The highest BCUT2D eigenvalue weighted by Gasteiger charge is 2.26. The third-order valence-corrected chi connectivity index (χ3v) is 9.14. The molecule has 0 bridgehead atoms. The van der Waals surface area contributed by atoms with Crippen molar-refractivity contribution < 1.29 is 12.7 Å². The Balaban J connectivity index is 3.75. The maximum Gasteiger partial charge on any atom is 0.322 e. The van der Waals surface area contributed by atoms with E-state index >= 15 is 0 Å². The Hall–Kier alpha value is 0.531. The standard InChI is InChI=1S/C6H19O3Si3/c1-7-12(5,6)9-11(4)8-10(2)3/h11H,1-6H3. The summed E-state index contributed by atoms with van der Waals surface area (Å²) in [4.78, 5) is 0. The Bertz CT molecular complexity index is 129. The molecular formula is C6H19O3Si3. The molecule has 0 aromatic rings. The van der Waals surface area contributed by atoms with Gasteiger partial charge in [0.05, 0.1) is 0 Å². The summed E-state index contributed by atoms with van der Waals surface area (Å²) in [6, 6.07) is 0. The molecule has 0 aromatic heterocycles. The lowest BCUT2D eigenvalue weighted by atomic mass is 11.8. The lowest BCUT2D eigenvalue weighted by Gasteiger charge is -2.25. The summed E-state index contributed by atoms with van der Waals surface area (Å²) in [6.07, 6.45) is 0. The molecule has 12 heavy (non-hydrogen) atoms. The number of hydrogen-bond acceptors (Lipinski definition) is 3. The van der Waals surface area contributed by atoms with Crippen LogP contribution in [0.25, 0.3) is 0 Å². The molecule has 1 atom stereocenters. The summed E-state index contributed by atoms with van der Waals surface area (Å²) in [5, 5.41) is 0. The Kier molecular flexibility index (Phi) is 5.54. The second kappa shape index (κ2) is 5.30. The molecule has 0 aliphatic carbocycles. The van der Waals surface area contributed by atoms with E-state index in [9.17, 15) is 0 Å². The molecule has 73 valence electrons. The van der Waals surface area contributed by atoms with Gasteiger partial charge in [-0.3, -0.25) is 0 Å². The van der Waals surface area contributed by atoms with Crippen LogP contribution in [0.1, 0.15) is 0 Å². The smallest absolute Gasteiger partial charge is 0.322 e. The predicted octanol–water partition coefficient (Wildman–Crippen LogP) is 1.47. The van der Waals surface area contributed by atoms with Gasteiger partial charge < -0.3 is 12.7 Å². The molecule has 1 radical (unpaired) electrons. The van der Waals surface area contributed by atoms with Crippen molar-refractivity contribution in [2.45, 2.75) is 32.7 Å². The molecule has 6 heteroatoms. The first-order valence-electron chi connectivity index (χ1n) is 4.07. The van der Waals surface area contributed by atoms with Crippen LogP contribution in [-0.4, -0.2) is 34.0 Å². The maximum atomic E-state index is 5.76. The average molecular weight is 223 g/mol. The highest BCUT2D eigenvalue weighted by atomic mass is 28.4. The fourth-order valence-corrected chi connectivity index (χ4v) is 7.67. The van der Waals surface area contributed by atoms with Gasteiger partial charge in [-0.25, -0.2) is 0 Å². The van der Waals surface area contributed by atoms with Crippen molar-refractivity contribution in [2.24, 2.45) is 0 Å². The van der Waals surface area contributed by atoms with Gasteiger partial charge in [0.25, 0.3) is 9.28 Å². The minimum Gasteiger partial charge on any atom is -0.439 e. The van der Waals surface area contributed by atoms with E-state index in [2.05, 4.69) is 19.6 Å². The molecule has 0 aliphatic heterocycles. The number of hydrogen-bond donors (Lipinski definition) is 0. The van der Waals surface area contributed by atoms with Crippen molar-refractivity contribution in [3.8, 4) is 0 Å². The van der Waals surface area contributed by atoms with E-state index in [-0.39, 0.29) is 0 Å². The highest BCUT2D eigenvalue weighted by molar-refractivity contribution is 6.73. The molecule has 1 unspecified atom stereocenters. The van der Waals surface area contributed by atoms with Crippen molar-refractivity contribution in [1.82, 2.24) is 0 Å². The lowest BCUT2D eigenvalue weighted by molar-refractivity contribution is 0.294. The third-order valence-electron chi connectivity index (χ3n) is 1.34. The van der Waals surface area contributed by atoms with Crippen molar-refractivity contribution in [2.75, 3.05) is 7.11 Å². The molecule has 0 rings (SSSR count). The van der Waals surface area contributed by atoms with Gasteiger partial charge in [-0.1, -0.05) is 0 Å². The van der Waals surface area contributed by atoms with Gasteiger partial charge >= 0.3 is 8.56 Å². The van der Waals surface area contributed by atoms with Crippen molar-refractivity contribution in [3.05, 3.63) is 0 Å². The van der Waals surface area contributed by atoms with Crippen LogP contribution < -0.4 is 0 Å². The summed E-state index contributed by atoms with van der Waals surface area (Å²) in [5.41, 5.74) is 0. The van der Waals surface area contributed by atoms with Crippen LogP contribution in [-0.2, 0) is 12.7 Å². The van der Waals surface area contributed by atoms with Gasteiger partial charge in [0, 0.05) is 7.11 Å². The normalized spacial score (nSPS) is 15.2. The monoisotopic (exact) mass is 223 g/mol. The zero-order chi connectivity index (χ0) is 9.78. The SMILES string of the molecule is CO[Si](C)(C)O[SiH](C)O[Si](C)C. The van der Waals surface area contributed by atoms with Gasteiger partial charge in [-0.2, -0.15) is 0 Å². The zero-order valence-corrected chi connectivity index (χ0v) is 12.0. The highest BCUT2D eigenvalue weighted by Crippen LogP contribution is 2.07. The fourth-order valence-electron chi connectivity index (χ4n) is 0.804. The Morgan fingerprint density at radius 2 is 1.75 bits per heavy atom. The first kappa shape index (κ1) is 12.5. The van der Waals surface area contributed by atoms with Crippen molar-refractivity contribution in [3.63, 3.8) is 0 Å². The third kappa shape index (κ3) is 6.09. The first-order chi connectivity index (χ1) is 5.37. The fraction of sp³-hybridized carbons (Fsp3) is 1.00. The van der Waals surface area contributed by atoms with Crippen LogP contribution in [0.15, 0.2) is 0 Å². The molecule has 0 heterocycles. The van der Waals surface area contributed by atoms with Crippen molar-refractivity contribution >= 4 is 26.9 Å². The van der Waals surface area contributed by atoms with Gasteiger partial charge in [-0.15, -0.1) is 0 Å². The largest absolute Gasteiger partial charge is 0.439 e. The topological polar surface area (TPSA) is 27.7 Å². The van der Waals surface area contributed by atoms with Crippen LogP contribution in [0.5, 0.6) is 0 Å². The molecular weight excluding hydrogens is 204 g/mol. The molecule has 0 fully saturated rings. The van der Waals surface area contributed by atoms with Gasteiger partial charge in [0.2, 0.25) is 0 Å². The Morgan fingerprint density at radius 1 is 1.25 bits per heavy atom.